The Bertz CT molecular complexity index is 664. The highest BCUT2D eigenvalue weighted by atomic mass is 79.9. The molecule has 1 atom stereocenters. The summed E-state index contributed by atoms with van der Waals surface area (Å²) in [6.07, 6.45) is 0.751. The van der Waals surface area contributed by atoms with E-state index in [1.807, 2.05) is 37.3 Å². The molecule has 1 unspecified atom stereocenters. The largest absolute Gasteiger partial charge is 0.385 e. The van der Waals surface area contributed by atoms with Gasteiger partial charge in [-0.05, 0) is 36.1 Å². The van der Waals surface area contributed by atoms with Crippen LogP contribution >= 0.6 is 15.9 Å². The number of benzene rings is 2. The van der Waals surface area contributed by atoms with Crippen molar-refractivity contribution in [1.29, 1.82) is 0 Å². The third-order valence-corrected chi connectivity index (χ3v) is 5.51. The molecule has 2 aromatic rings. The SMILES string of the molecule is CC(O)(CCN1CCNCC1)c1ccc(-c2ccccc2Br)cc1. The maximum Gasteiger partial charge on any atom is 0.0880 e. The van der Waals surface area contributed by atoms with E-state index < -0.39 is 5.60 Å². The van der Waals surface area contributed by atoms with Crippen molar-refractivity contribution in [3.63, 3.8) is 0 Å². The summed E-state index contributed by atoms with van der Waals surface area (Å²) in [5.41, 5.74) is 2.51. The lowest BCUT2D eigenvalue weighted by molar-refractivity contribution is 0.0345. The summed E-state index contributed by atoms with van der Waals surface area (Å²) in [6.45, 7) is 7.07. The molecule has 24 heavy (non-hydrogen) atoms. The van der Waals surface area contributed by atoms with Gasteiger partial charge in [0.15, 0.2) is 0 Å². The Morgan fingerprint density at radius 2 is 1.75 bits per heavy atom. The average molecular weight is 389 g/mol. The smallest absolute Gasteiger partial charge is 0.0880 e. The molecule has 2 aromatic carbocycles. The molecule has 0 spiro atoms. The molecule has 1 aliphatic rings. The lowest BCUT2D eigenvalue weighted by Crippen LogP contribution is -2.45. The summed E-state index contributed by atoms with van der Waals surface area (Å²) in [6, 6.07) is 16.5. The molecular formula is C20H25BrN2O. The molecule has 0 aliphatic carbocycles. The van der Waals surface area contributed by atoms with Crippen LogP contribution in [0.3, 0.4) is 0 Å². The van der Waals surface area contributed by atoms with Crippen LogP contribution in [0.2, 0.25) is 0 Å². The van der Waals surface area contributed by atoms with Crippen LogP contribution in [0.25, 0.3) is 11.1 Å². The van der Waals surface area contributed by atoms with E-state index in [2.05, 4.69) is 44.3 Å². The Kier molecular flexibility index (Phi) is 5.72. The third kappa shape index (κ3) is 4.25. The van der Waals surface area contributed by atoms with Crippen LogP contribution in [0.15, 0.2) is 53.0 Å². The van der Waals surface area contributed by atoms with Gasteiger partial charge in [0, 0.05) is 37.2 Å². The molecule has 128 valence electrons. The van der Waals surface area contributed by atoms with E-state index in [0.717, 1.165) is 54.7 Å². The zero-order chi connectivity index (χ0) is 17.0. The van der Waals surface area contributed by atoms with Crippen molar-refractivity contribution in [3.05, 3.63) is 58.6 Å². The molecule has 0 radical (unpaired) electrons. The van der Waals surface area contributed by atoms with Gasteiger partial charge in [-0.3, -0.25) is 0 Å². The summed E-state index contributed by atoms with van der Waals surface area (Å²) >= 11 is 3.60. The average Bonchev–Trinajstić information content (AvgIpc) is 2.62. The Balaban J connectivity index is 1.68. The van der Waals surface area contributed by atoms with Gasteiger partial charge in [-0.15, -0.1) is 0 Å². The van der Waals surface area contributed by atoms with Gasteiger partial charge in [-0.1, -0.05) is 58.4 Å². The highest BCUT2D eigenvalue weighted by Gasteiger charge is 2.24. The van der Waals surface area contributed by atoms with Crippen molar-refractivity contribution in [3.8, 4) is 11.1 Å². The van der Waals surface area contributed by atoms with Gasteiger partial charge >= 0.3 is 0 Å². The van der Waals surface area contributed by atoms with Gasteiger partial charge in [0.1, 0.15) is 0 Å². The fourth-order valence-electron chi connectivity index (χ4n) is 3.16. The minimum atomic E-state index is -0.794. The Morgan fingerprint density at radius 1 is 1.08 bits per heavy atom. The van der Waals surface area contributed by atoms with Crippen LogP contribution in [0.5, 0.6) is 0 Å². The number of piperazine rings is 1. The van der Waals surface area contributed by atoms with E-state index in [-0.39, 0.29) is 0 Å². The number of nitrogens with one attached hydrogen (secondary N) is 1. The van der Waals surface area contributed by atoms with Gasteiger partial charge in [-0.2, -0.15) is 0 Å². The maximum atomic E-state index is 10.9. The number of aliphatic hydroxyl groups is 1. The molecule has 1 saturated heterocycles. The second kappa shape index (κ2) is 7.79. The van der Waals surface area contributed by atoms with Crippen molar-refractivity contribution in [2.24, 2.45) is 0 Å². The third-order valence-electron chi connectivity index (χ3n) is 4.82. The number of rotatable bonds is 5. The molecule has 0 amide bonds. The van der Waals surface area contributed by atoms with Gasteiger partial charge in [0.2, 0.25) is 0 Å². The number of nitrogens with zero attached hydrogens (tertiary/aromatic N) is 1. The van der Waals surface area contributed by atoms with Gasteiger partial charge in [0.25, 0.3) is 0 Å². The summed E-state index contributed by atoms with van der Waals surface area (Å²) in [4.78, 5) is 2.42. The summed E-state index contributed by atoms with van der Waals surface area (Å²) < 4.78 is 1.09. The predicted octanol–water partition coefficient (Wildman–Crippen LogP) is 3.62. The van der Waals surface area contributed by atoms with Gasteiger partial charge in [-0.25, -0.2) is 0 Å². The molecule has 0 aromatic heterocycles. The van der Waals surface area contributed by atoms with Crippen molar-refractivity contribution in [2.75, 3.05) is 32.7 Å². The quantitative estimate of drug-likeness (QED) is 0.820. The second-order valence-electron chi connectivity index (χ2n) is 6.67. The van der Waals surface area contributed by atoms with E-state index in [0.29, 0.717) is 0 Å². The molecule has 2 N–H and O–H groups in total. The van der Waals surface area contributed by atoms with Gasteiger partial charge < -0.3 is 15.3 Å². The summed E-state index contributed by atoms with van der Waals surface area (Å²) in [5, 5.41) is 14.2. The summed E-state index contributed by atoms with van der Waals surface area (Å²) in [7, 11) is 0. The molecular weight excluding hydrogens is 364 g/mol. The standard InChI is InChI=1S/C20H25BrN2O/c1-20(24,10-13-23-14-11-22-12-15-23)17-8-6-16(7-9-17)18-4-2-3-5-19(18)21/h2-9,22,24H,10-15H2,1H3. The zero-order valence-corrected chi connectivity index (χ0v) is 15.7. The lowest BCUT2D eigenvalue weighted by atomic mass is 9.90. The van der Waals surface area contributed by atoms with Crippen molar-refractivity contribution >= 4 is 15.9 Å². The molecule has 1 heterocycles. The highest BCUT2D eigenvalue weighted by Crippen LogP contribution is 2.31. The second-order valence-corrected chi connectivity index (χ2v) is 7.53. The first-order valence-corrected chi connectivity index (χ1v) is 9.36. The van der Waals surface area contributed by atoms with E-state index in [9.17, 15) is 5.11 Å². The topological polar surface area (TPSA) is 35.5 Å². The number of halogens is 1. The van der Waals surface area contributed by atoms with Gasteiger partial charge in [0.05, 0.1) is 5.60 Å². The van der Waals surface area contributed by atoms with Crippen LogP contribution in [0.4, 0.5) is 0 Å². The first-order valence-electron chi connectivity index (χ1n) is 8.57. The first kappa shape index (κ1) is 17.6. The van der Waals surface area contributed by atoms with Crippen molar-refractivity contribution in [2.45, 2.75) is 18.9 Å². The fourth-order valence-corrected chi connectivity index (χ4v) is 3.67. The molecule has 3 rings (SSSR count). The number of hydrogen-bond acceptors (Lipinski definition) is 3. The Hall–Kier alpha value is -1.20. The predicted molar refractivity (Wildman–Crippen MR) is 103 cm³/mol. The molecule has 1 fully saturated rings. The monoisotopic (exact) mass is 388 g/mol. The lowest BCUT2D eigenvalue weighted by Gasteiger charge is -2.31. The fraction of sp³-hybridized carbons (Fsp3) is 0.400. The molecule has 0 bridgehead atoms. The van der Waals surface area contributed by atoms with E-state index in [4.69, 9.17) is 0 Å². The maximum absolute atomic E-state index is 10.9. The highest BCUT2D eigenvalue weighted by molar-refractivity contribution is 9.10. The first-order chi connectivity index (χ1) is 11.6. The Labute approximate surface area is 152 Å². The van der Waals surface area contributed by atoms with Crippen LogP contribution in [0.1, 0.15) is 18.9 Å². The Morgan fingerprint density at radius 3 is 2.42 bits per heavy atom. The van der Waals surface area contributed by atoms with E-state index >= 15 is 0 Å². The molecule has 0 saturated carbocycles. The van der Waals surface area contributed by atoms with Crippen LogP contribution in [0, 0.1) is 0 Å². The van der Waals surface area contributed by atoms with Crippen LogP contribution < -0.4 is 5.32 Å². The minimum Gasteiger partial charge on any atom is -0.385 e. The van der Waals surface area contributed by atoms with E-state index in [1.165, 1.54) is 5.56 Å². The summed E-state index contributed by atoms with van der Waals surface area (Å²) in [5.74, 6) is 0. The molecule has 1 aliphatic heterocycles. The number of hydrogen-bond donors (Lipinski definition) is 2. The normalized spacial score (nSPS) is 18.3. The van der Waals surface area contributed by atoms with Crippen LogP contribution in [-0.4, -0.2) is 42.7 Å². The van der Waals surface area contributed by atoms with Crippen LogP contribution in [-0.2, 0) is 5.60 Å². The minimum absolute atomic E-state index is 0.751. The van der Waals surface area contributed by atoms with E-state index in [1.54, 1.807) is 0 Å². The van der Waals surface area contributed by atoms with Crippen molar-refractivity contribution < 1.29 is 5.11 Å². The molecule has 4 heteroatoms. The zero-order valence-electron chi connectivity index (χ0n) is 14.1. The van der Waals surface area contributed by atoms with Crippen molar-refractivity contribution in [1.82, 2.24) is 10.2 Å². The molecule has 3 nitrogen and oxygen atoms in total.